The summed E-state index contributed by atoms with van der Waals surface area (Å²) < 4.78 is 11.0. The number of carbonyl (C=O) groups excluding carboxylic acids is 3. The Balaban J connectivity index is 1.47. The van der Waals surface area contributed by atoms with E-state index in [0.29, 0.717) is 37.6 Å². The zero-order valence-corrected chi connectivity index (χ0v) is 24.2. The first kappa shape index (κ1) is 29.1. The zero-order valence-electron chi connectivity index (χ0n) is 21.9. The predicted octanol–water partition coefficient (Wildman–Crippen LogP) is 7.87. The molecule has 4 aromatic rings. The number of esters is 1. The van der Waals surface area contributed by atoms with Crippen LogP contribution in [0.5, 0.6) is 5.75 Å². The first-order valence-corrected chi connectivity index (χ1v) is 13.9. The molecule has 0 saturated heterocycles. The molecular formula is C30H26Cl2N2O5S. The summed E-state index contributed by atoms with van der Waals surface area (Å²) in [5.74, 6) is -0.901. The lowest BCUT2D eigenvalue weighted by molar-refractivity contribution is -0.122. The Labute approximate surface area is 246 Å². The quantitative estimate of drug-likeness (QED) is 0.192. The highest BCUT2D eigenvalue weighted by Crippen LogP contribution is 2.40. The highest BCUT2D eigenvalue weighted by Gasteiger charge is 2.26. The van der Waals surface area contributed by atoms with E-state index in [0.717, 1.165) is 16.0 Å². The van der Waals surface area contributed by atoms with E-state index < -0.39 is 23.9 Å². The van der Waals surface area contributed by atoms with Crippen LogP contribution in [0.25, 0.3) is 11.1 Å². The number of benzene rings is 3. The molecule has 2 amide bonds. The molecule has 0 aliphatic heterocycles. The van der Waals surface area contributed by atoms with Crippen molar-refractivity contribution in [3.05, 3.63) is 98.8 Å². The summed E-state index contributed by atoms with van der Waals surface area (Å²) in [7, 11) is 0. The molecule has 0 fully saturated rings. The van der Waals surface area contributed by atoms with Gasteiger partial charge in [0, 0.05) is 31.7 Å². The van der Waals surface area contributed by atoms with Crippen LogP contribution in [0.1, 0.15) is 39.4 Å². The summed E-state index contributed by atoms with van der Waals surface area (Å²) in [6.07, 6.45) is -0.838. The molecule has 1 heterocycles. The summed E-state index contributed by atoms with van der Waals surface area (Å²) >= 11 is 13.3. The fourth-order valence-corrected chi connectivity index (χ4v) is 5.56. The van der Waals surface area contributed by atoms with E-state index in [9.17, 15) is 14.4 Å². The van der Waals surface area contributed by atoms with Gasteiger partial charge in [0.25, 0.3) is 11.8 Å². The van der Waals surface area contributed by atoms with E-state index in [1.807, 2.05) is 37.3 Å². The van der Waals surface area contributed by atoms with Crippen LogP contribution in [0.15, 0.2) is 72.8 Å². The van der Waals surface area contributed by atoms with Crippen LogP contribution < -0.4 is 15.4 Å². The number of aryl methyl sites for hydroxylation is 1. The summed E-state index contributed by atoms with van der Waals surface area (Å²) in [6.45, 7) is 5.44. The fourth-order valence-electron chi connectivity index (χ4n) is 3.97. The number of thiophene rings is 1. The molecule has 40 heavy (non-hydrogen) atoms. The fraction of sp³-hybridized carbons (Fsp3) is 0.167. The Bertz CT molecular complexity index is 1520. The number of anilines is 2. The smallest absolute Gasteiger partial charge is 0.341 e. The van der Waals surface area contributed by atoms with Gasteiger partial charge in [-0.05, 0) is 68.8 Å². The Morgan fingerprint density at radius 2 is 1.57 bits per heavy atom. The van der Waals surface area contributed by atoms with Crippen LogP contribution in [0.2, 0.25) is 10.0 Å². The average Bonchev–Trinajstić information content (AvgIpc) is 3.24. The number of amides is 2. The van der Waals surface area contributed by atoms with Crippen LogP contribution >= 0.6 is 34.5 Å². The van der Waals surface area contributed by atoms with Crippen molar-refractivity contribution in [1.29, 1.82) is 0 Å². The van der Waals surface area contributed by atoms with Gasteiger partial charge in [0.15, 0.2) is 6.10 Å². The topological polar surface area (TPSA) is 93.7 Å². The van der Waals surface area contributed by atoms with E-state index in [1.165, 1.54) is 11.3 Å². The first-order chi connectivity index (χ1) is 19.2. The van der Waals surface area contributed by atoms with Crippen molar-refractivity contribution in [1.82, 2.24) is 0 Å². The van der Waals surface area contributed by atoms with Gasteiger partial charge < -0.3 is 20.1 Å². The highest BCUT2D eigenvalue weighted by molar-refractivity contribution is 7.17. The molecule has 0 aliphatic carbocycles. The normalized spacial score (nSPS) is 11.4. The van der Waals surface area contributed by atoms with E-state index in [4.69, 9.17) is 32.7 Å². The van der Waals surface area contributed by atoms with Crippen LogP contribution in [0.4, 0.5) is 10.7 Å². The minimum absolute atomic E-state index is 0.208. The van der Waals surface area contributed by atoms with Gasteiger partial charge in [0.2, 0.25) is 0 Å². The summed E-state index contributed by atoms with van der Waals surface area (Å²) in [4.78, 5) is 39.5. The van der Waals surface area contributed by atoms with Gasteiger partial charge in [-0.25, -0.2) is 4.79 Å². The van der Waals surface area contributed by atoms with Crippen molar-refractivity contribution in [2.45, 2.75) is 26.9 Å². The average molecular weight is 598 g/mol. The number of rotatable bonds is 9. The lowest BCUT2D eigenvalue weighted by Crippen LogP contribution is -2.30. The van der Waals surface area contributed by atoms with Gasteiger partial charge >= 0.3 is 5.97 Å². The molecule has 7 nitrogen and oxygen atoms in total. The second kappa shape index (κ2) is 13.0. The van der Waals surface area contributed by atoms with Crippen molar-refractivity contribution in [2.24, 2.45) is 0 Å². The summed E-state index contributed by atoms with van der Waals surface area (Å²) in [5, 5.41) is 6.78. The van der Waals surface area contributed by atoms with Crippen LogP contribution in [-0.2, 0) is 9.53 Å². The zero-order chi connectivity index (χ0) is 28.8. The minimum Gasteiger partial charge on any atom is -0.481 e. The number of halogens is 2. The van der Waals surface area contributed by atoms with Crippen LogP contribution in [0, 0.1) is 6.92 Å². The van der Waals surface area contributed by atoms with E-state index in [2.05, 4.69) is 10.6 Å². The SMILES string of the molecule is CCOC(=O)c1c(NC(=O)c2ccc(O[C@@H](C)C(=O)Nc3cc(Cl)cc(Cl)c3)cc2)sc(C)c1-c1ccccc1. The van der Waals surface area contributed by atoms with Gasteiger partial charge in [0.05, 0.1) is 6.61 Å². The third kappa shape index (κ3) is 7.01. The number of nitrogens with one attached hydrogen (secondary N) is 2. The molecule has 1 aromatic heterocycles. The van der Waals surface area contributed by atoms with Gasteiger partial charge in [-0.3, -0.25) is 9.59 Å². The maximum Gasteiger partial charge on any atom is 0.341 e. The molecule has 0 saturated carbocycles. The number of ether oxygens (including phenoxy) is 2. The van der Waals surface area contributed by atoms with Gasteiger partial charge in [-0.1, -0.05) is 53.5 Å². The second-order valence-electron chi connectivity index (χ2n) is 8.71. The molecule has 2 N–H and O–H groups in total. The number of hydrogen-bond acceptors (Lipinski definition) is 6. The summed E-state index contributed by atoms with van der Waals surface area (Å²) in [6, 6.07) is 20.6. The molecule has 0 aliphatic rings. The van der Waals surface area contributed by atoms with Crippen molar-refractivity contribution in [2.75, 3.05) is 17.2 Å². The first-order valence-electron chi connectivity index (χ1n) is 12.4. The number of hydrogen-bond donors (Lipinski definition) is 2. The van der Waals surface area contributed by atoms with Crippen molar-refractivity contribution in [3.8, 4) is 16.9 Å². The molecule has 0 radical (unpaired) electrons. The maximum atomic E-state index is 13.1. The molecule has 3 aromatic carbocycles. The van der Waals surface area contributed by atoms with E-state index in [1.54, 1.807) is 56.3 Å². The molecule has 1 atom stereocenters. The third-order valence-electron chi connectivity index (χ3n) is 5.78. The Morgan fingerprint density at radius 3 is 2.20 bits per heavy atom. The van der Waals surface area contributed by atoms with Gasteiger partial charge in [-0.2, -0.15) is 0 Å². The predicted molar refractivity (Wildman–Crippen MR) is 160 cm³/mol. The summed E-state index contributed by atoms with van der Waals surface area (Å²) in [5.41, 5.74) is 2.71. The van der Waals surface area contributed by atoms with Crippen molar-refractivity contribution >= 4 is 63.0 Å². The monoisotopic (exact) mass is 596 g/mol. The Hall–Kier alpha value is -3.85. The Kier molecular flexibility index (Phi) is 9.47. The molecule has 0 unspecified atom stereocenters. The Morgan fingerprint density at radius 1 is 0.925 bits per heavy atom. The molecule has 0 spiro atoms. The molecule has 4 rings (SSSR count). The molecular weight excluding hydrogens is 571 g/mol. The molecule has 0 bridgehead atoms. The lowest BCUT2D eigenvalue weighted by atomic mass is 10.0. The van der Waals surface area contributed by atoms with E-state index >= 15 is 0 Å². The third-order valence-corrected chi connectivity index (χ3v) is 7.24. The van der Waals surface area contributed by atoms with Gasteiger partial charge in [0.1, 0.15) is 16.3 Å². The highest BCUT2D eigenvalue weighted by atomic mass is 35.5. The number of carbonyl (C=O) groups is 3. The van der Waals surface area contributed by atoms with E-state index in [-0.39, 0.29) is 6.61 Å². The minimum atomic E-state index is -0.838. The van der Waals surface area contributed by atoms with Crippen molar-refractivity contribution < 1.29 is 23.9 Å². The van der Waals surface area contributed by atoms with Crippen LogP contribution in [-0.4, -0.2) is 30.5 Å². The lowest BCUT2D eigenvalue weighted by Gasteiger charge is -2.15. The van der Waals surface area contributed by atoms with Crippen LogP contribution in [0.3, 0.4) is 0 Å². The van der Waals surface area contributed by atoms with Gasteiger partial charge in [-0.15, -0.1) is 11.3 Å². The van der Waals surface area contributed by atoms with Crippen molar-refractivity contribution in [3.63, 3.8) is 0 Å². The standard InChI is InChI=1S/C30H26Cl2N2O5S/c1-4-38-30(37)26-25(19-8-6-5-7-9-19)18(3)40-29(26)34-28(36)20-10-12-24(13-11-20)39-17(2)27(35)33-23-15-21(31)14-22(32)16-23/h5-17H,4H2,1-3H3,(H,33,35)(H,34,36)/t17-/m0/s1. The largest absolute Gasteiger partial charge is 0.481 e. The maximum absolute atomic E-state index is 13.1. The second-order valence-corrected chi connectivity index (χ2v) is 10.8. The molecule has 206 valence electrons. The molecule has 10 heteroatoms.